The molecule has 1 aromatic rings. The van der Waals surface area contributed by atoms with E-state index in [9.17, 15) is 0 Å². The van der Waals surface area contributed by atoms with Crippen LogP contribution in [0.4, 0.5) is 0 Å². The number of unbranched alkanes of at least 4 members (excludes halogenated alkanes) is 1. The molecule has 1 aliphatic rings. The van der Waals surface area contributed by atoms with Gasteiger partial charge in [-0.25, -0.2) is 0 Å². The van der Waals surface area contributed by atoms with Crippen LogP contribution in [-0.2, 0) is 5.54 Å². The standard InChI is InChI=1S/C17H28N2O/c1-3-4-10-17(18,14-19-11-5-6-12-19)15-8-7-9-16(13-15)20-2/h7-9,13H,3-6,10-12,14,18H2,1-2H3. The Bertz CT molecular complexity index is 415. The molecule has 1 heterocycles. The van der Waals surface area contributed by atoms with Crippen molar-refractivity contribution in [3.05, 3.63) is 29.8 Å². The van der Waals surface area contributed by atoms with Gasteiger partial charge in [-0.15, -0.1) is 0 Å². The molecule has 2 rings (SSSR count). The second-order valence-corrected chi connectivity index (χ2v) is 5.97. The average Bonchev–Trinajstić information content (AvgIpc) is 2.98. The zero-order valence-corrected chi connectivity index (χ0v) is 12.9. The summed E-state index contributed by atoms with van der Waals surface area (Å²) < 4.78 is 5.36. The van der Waals surface area contributed by atoms with Gasteiger partial charge in [-0.2, -0.15) is 0 Å². The van der Waals surface area contributed by atoms with Crippen LogP contribution in [0.2, 0.25) is 0 Å². The molecule has 0 amide bonds. The molecule has 20 heavy (non-hydrogen) atoms. The molecule has 0 spiro atoms. The molecule has 0 aliphatic carbocycles. The van der Waals surface area contributed by atoms with Gasteiger partial charge in [-0.1, -0.05) is 31.9 Å². The van der Waals surface area contributed by atoms with Crippen LogP contribution in [0.5, 0.6) is 5.75 Å². The van der Waals surface area contributed by atoms with Crippen LogP contribution < -0.4 is 10.5 Å². The molecule has 1 aliphatic heterocycles. The Morgan fingerprint density at radius 2 is 2.05 bits per heavy atom. The highest BCUT2D eigenvalue weighted by Gasteiger charge is 2.30. The van der Waals surface area contributed by atoms with Crippen LogP contribution in [0, 0.1) is 0 Å². The Morgan fingerprint density at radius 3 is 2.70 bits per heavy atom. The number of rotatable bonds is 7. The number of hydrogen-bond acceptors (Lipinski definition) is 3. The predicted octanol–water partition coefficient (Wildman–Crippen LogP) is 3.14. The topological polar surface area (TPSA) is 38.5 Å². The van der Waals surface area contributed by atoms with Crippen molar-refractivity contribution in [1.29, 1.82) is 0 Å². The maximum absolute atomic E-state index is 6.81. The maximum atomic E-state index is 6.81. The normalized spacial score (nSPS) is 18.9. The van der Waals surface area contributed by atoms with Crippen molar-refractivity contribution in [1.82, 2.24) is 4.90 Å². The van der Waals surface area contributed by atoms with E-state index in [0.717, 1.165) is 18.7 Å². The lowest BCUT2D eigenvalue weighted by Crippen LogP contribution is -2.47. The third-order valence-electron chi connectivity index (χ3n) is 4.33. The second kappa shape index (κ2) is 7.09. The summed E-state index contributed by atoms with van der Waals surface area (Å²) in [6.45, 7) is 5.56. The van der Waals surface area contributed by atoms with Crippen LogP contribution in [0.1, 0.15) is 44.6 Å². The van der Waals surface area contributed by atoms with E-state index in [4.69, 9.17) is 10.5 Å². The molecule has 2 N–H and O–H groups in total. The summed E-state index contributed by atoms with van der Waals surface area (Å²) in [6, 6.07) is 8.28. The van der Waals surface area contributed by atoms with Gasteiger partial charge < -0.3 is 15.4 Å². The van der Waals surface area contributed by atoms with Gasteiger partial charge in [-0.05, 0) is 50.0 Å². The van der Waals surface area contributed by atoms with Crippen molar-refractivity contribution in [2.75, 3.05) is 26.7 Å². The Balaban J connectivity index is 2.19. The molecular formula is C17H28N2O. The summed E-state index contributed by atoms with van der Waals surface area (Å²) in [7, 11) is 1.71. The molecule has 0 aromatic heterocycles. The van der Waals surface area contributed by atoms with Gasteiger partial charge in [0, 0.05) is 6.54 Å². The summed E-state index contributed by atoms with van der Waals surface area (Å²) in [5, 5.41) is 0. The lowest BCUT2D eigenvalue weighted by molar-refractivity contribution is 0.232. The van der Waals surface area contributed by atoms with Crippen LogP contribution in [0.15, 0.2) is 24.3 Å². The number of likely N-dealkylation sites (tertiary alicyclic amines) is 1. The second-order valence-electron chi connectivity index (χ2n) is 5.97. The monoisotopic (exact) mass is 276 g/mol. The summed E-state index contributed by atoms with van der Waals surface area (Å²) in [4.78, 5) is 2.51. The van der Waals surface area contributed by atoms with E-state index in [1.807, 2.05) is 12.1 Å². The van der Waals surface area contributed by atoms with E-state index >= 15 is 0 Å². The van der Waals surface area contributed by atoms with Crippen molar-refractivity contribution in [3.63, 3.8) is 0 Å². The third-order valence-corrected chi connectivity index (χ3v) is 4.33. The molecule has 0 saturated carbocycles. The Labute approximate surface area is 123 Å². The number of nitrogens with two attached hydrogens (primary N) is 1. The van der Waals surface area contributed by atoms with Gasteiger partial charge >= 0.3 is 0 Å². The fourth-order valence-corrected chi connectivity index (χ4v) is 3.08. The van der Waals surface area contributed by atoms with Crippen molar-refractivity contribution < 1.29 is 4.74 Å². The summed E-state index contributed by atoms with van der Waals surface area (Å²) in [6.07, 6.45) is 6.00. The largest absolute Gasteiger partial charge is 0.497 e. The molecule has 1 fully saturated rings. The van der Waals surface area contributed by atoms with Gasteiger partial charge in [0.25, 0.3) is 0 Å². The molecular weight excluding hydrogens is 248 g/mol. The quantitative estimate of drug-likeness (QED) is 0.831. The van der Waals surface area contributed by atoms with Crippen LogP contribution in [0.3, 0.4) is 0 Å². The first-order valence-corrected chi connectivity index (χ1v) is 7.84. The van der Waals surface area contributed by atoms with E-state index in [-0.39, 0.29) is 5.54 Å². The van der Waals surface area contributed by atoms with Crippen molar-refractivity contribution >= 4 is 0 Å². The number of nitrogens with zero attached hydrogens (tertiary/aromatic N) is 1. The number of hydrogen-bond donors (Lipinski definition) is 1. The maximum Gasteiger partial charge on any atom is 0.119 e. The van der Waals surface area contributed by atoms with Gasteiger partial charge in [-0.3, -0.25) is 0 Å². The number of benzene rings is 1. The van der Waals surface area contributed by atoms with Gasteiger partial charge in [0.15, 0.2) is 0 Å². The summed E-state index contributed by atoms with van der Waals surface area (Å²) in [5.41, 5.74) is 7.76. The molecule has 1 atom stereocenters. The highest BCUT2D eigenvalue weighted by molar-refractivity contribution is 5.33. The lowest BCUT2D eigenvalue weighted by Gasteiger charge is -2.34. The minimum Gasteiger partial charge on any atom is -0.497 e. The predicted molar refractivity (Wildman–Crippen MR) is 84.1 cm³/mol. The van der Waals surface area contributed by atoms with Crippen molar-refractivity contribution in [2.24, 2.45) is 5.73 Å². The highest BCUT2D eigenvalue weighted by atomic mass is 16.5. The van der Waals surface area contributed by atoms with E-state index in [2.05, 4.69) is 24.0 Å². The zero-order chi connectivity index (χ0) is 14.4. The summed E-state index contributed by atoms with van der Waals surface area (Å²) >= 11 is 0. The molecule has 1 aromatic carbocycles. The molecule has 1 unspecified atom stereocenters. The first-order chi connectivity index (χ1) is 9.68. The van der Waals surface area contributed by atoms with Crippen LogP contribution >= 0.6 is 0 Å². The van der Waals surface area contributed by atoms with E-state index in [1.54, 1.807) is 7.11 Å². The summed E-state index contributed by atoms with van der Waals surface area (Å²) in [5.74, 6) is 0.898. The third kappa shape index (κ3) is 3.74. The minimum absolute atomic E-state index is 0.255. The number of ether oxygens (including phenoxy) is 1. The minimum atomic E-state index is -0.255. The fourth-order valence-electron chi connectivity index (χ4n) is 3.08. The smallest absolute Gasteiger partial charge is 0.119 e. The van der Waals surface area contributed by atoms with Crippen molar-refractivity contribution in [2.45, 2.75) is 44.6 Å². The van der Waals surface area contributed by atoms with E-state index in [0.29, 0.717) is 0 Å². The molecule has 0 radical (unpaired) electrons. The van der Waals surface area contributed by atoms with Gasteiger partial charge in [0.2, 0.25) is 0 Å². The first kappa shape index (κ1) is 15.3. The first-order valence-electron chi connectivity index (χ1n) is 7.84. The fraction of sp³-hybridized carbons (Fsp3) is 0.647. The zero-order valence-electron chi connectivity index (χ0n) is 12.9. The SMILES string of the molecule is CCCCC(N)(CN1CCCC1)c1cccc(OC)c1. The molecule has 1 saturated heterocycles. The van der Waals surface area contributed by atoms with Gasteiger partial charge in [0.05, 0.1) is 12.6 Å². The molecule has 0 bridgehead atoms. The highest BCUT2D eigenvalue weighted by Crippen LogP contribution is 2.29. The van der Waals surface area contributed by atoms with Crippen LogP contribution in [0.25, 0.3) is 0 Å². The number of methoxy groups -OCH3 is 1. The van der Waals surface area contributed by atoms with E-state index in [1.165, 1.54) is 44.3 Å². The van der Waals surface area contributed by atoms with Crippen molar-refractivity contribution in [3.8, 4) is 5.75 Å². The average molecular weight is 276 g/mol. The Kier molecular flexibility index (Phi) is 5.44. The van der Waals surface area contributed by atoms with E-state index < -0.39 is 0 Å². The Morgan fingerprint density at radius 1 is 1.30 bits per heavy atom. The lowest BCUT2D eigenvalue weighted by atomic mass is 9.85. The van der Waals surface area contributed by atoms with Gasteiger partial charge in [0.1, 0.15) is 5.75 Å². The molecule has 3 nitrogen and oxygen atoms in total. The van der Waals surface area contributed by atoms with Crippen LogP contribution in [-0.4, -0.2) is 31.6 Å². The molecule has 3 heteroatoms. The molecule has 112 valence electrons. The Hall–Kier alpha value is -1.06.